The molecular formula is C40H26Br3N5O2. The summed E-state index contributed by atoms with van der Waals surface area (Å²) in [7, 11) is 0. The third kappa shape index (κ3) is 6.98. The lowest BCUT2D eigenvalue weighted by Crippen LogP contribution is -2.16. The minimum Gasteiger partial charge on any atom is -0.274 e. The normalized spacial score (nSPS) is 12.1. The SMILES string of the molecule is Cc1ccc2c(C#N)c3cc(C)ccc3c(C#N)c2c1.N#Cc1c2ccc(CBr)cc2c(C#N)c2ccc(CBr)cc12.O=C1CCC(=O)N1Br. The summed E-state index contributed by atoms with van der Waals surface area (Å²) in [6.07, 6.45) is 0.703. The Kier molecular flexibility index (Phi) is 11.3. The van der Waals surface area contributed by atoms with E-state index >= 15 is 0 Å². The second kappa shape index (κ2) is 15.6. The number of aryl methyl sites for hydroxylation is 2. The highest BCUT2D eigenvalue weighted by Crippen LogP contribution is 2.35. The van der Waals surface area contributed by atoms with Gasteiger partial charge in [-0.05, 0) is 37.1 Å². The Morgan fingerprint density at radius 2 is 0.820 bits per heavy atom. The summed E-state index contributed by atoms with van der Waals surface area (Å²) in [4.78, 5) is 20.9. The van der Waals surface area contributed by atoms with E-state index in [0.29, 0.717) is 35.1 Å². The van der Waals surface area contributed by atoms with Gasteiger partial charge in [-0.15, -0.1) is 0 Å². The van der Waals surface area contributed by atoms with Crippen LogP contribution in [0.2, 0.25) is 0 Å². The predicted molar refractivity (Wildman–Crippen MR) is 207 cm³/mol. The summed E-state index contributed by atoms with van der Waals surface area (Å²) in [5, 5.41) is 46.5. The summed E-state index contributed by atoms with van der Waals surface area (Å²) >= 11 is 9.68. The maximum Gasteiger partial charge on any atom is 0.239 e. The van der Waals surface area contributed by atoms with Crippen LogP contribution in [0.1, 0.15) is 57.3 Å². The summed E-state index contributed by atoms with van der Waals surface area (Å²) in [6, 6.07) is 32.8. The molecule has 1 aliphatic heterocycles. The number of nitrogens with zero attached hydrogens (tertiary/aromatic N) is 5. The first kappa shape index (κ1) is 36.2. The first-order valence-electron chi connectivity index (χ1n) is 15.3. The van der Waals surface area contributed by atoms with E-state index in [1.807, 2.05) is 86.6 Å². The fourth-order valence-corrected chi connectivity index (χ4v) is 7.03. The van der Waals surface area contributed by atoms with Crippen molar-refractivity contribution in [1.29, 1.82) is 21.0 Å². The van der Waals surface area contributed by atoms with E-state index in [0.717, 1.165) is 79.9 Å². The molecule has 2 amide bonds. The predicted octanol–water partition coefficient (Wildman–Crippen LogP) is 10.3. The highest BCUT2D eigenvalue weighted by atomic mass is 79.9. The molecule has 0 radical (unpaired) electrons. The first-order chi connectivity index (χ1) is 24.1. The number of hydrogen-bond donors (Lipinski definition) is 0. The van der Waals surface area contributed by atoms with E-state index in [1.165, 1.54) is 0 Å². The van der Waals surface area contributed by atoms with Crippen LogP contribution in [0.15, 0.2) is 72.8 Å². The van der Waals surface area contributed by atoms with Crippen LogP contribution in [0.3, 0.4) is 0 Å². The van der Waals surface area contributed by atoms with Gasteiger partial charge in [-0.2, -0.15) is 21.0 Å². The lowest BCUT2D eigenvalue weighted by molar-refractivity contribution is -0.131. The Balaban J connectivity index is 0.000000160. The van der Waals surface area contributed by atoms with Gasteiger partial charge in [0.05, 0.1) is 38.4 Å². The van der Waals surface area contributed by atoms with E-state index in [1.54, 1.807) is 0 Å². The fourth-order valence-electron chi connectivity index (χ4n) is 5.98. The van der Waals surface area contributed by atoms with Crippen LogP contribution in [0, 0.1) is 59.2 Å². The number of amides is 2. The molecule has 10 heteroatoms. The Labute approximate surface area is 314 Å². The van der Waals surface area contributed by atoms with Gasteiger partial charge in [0.2, 0.25) is 11.8 Å². The molecule has 1 aliphatic rings. The van der Waals surface area contributed by atoms with Gasteiger partial charge in [0.15, 0.2) is 0 Å². The number of rotatable bonds is 2. The largest absolute Gasteiger partial charge is 0.274 e. The number of carbonyl (C=O) groups excluding carboxylic acids is 2. The molecule has 6 aromatic rings. The lowest BCUT2D eigenvalue weighted by atomic mass is 9.91. The lowest BCUT2D eigenvalue weighted by Gasteiger charge is -2.11. The Hall–Kier alpha value is -5.10. The zero-order valence-corrected chi connectivity index (χ0v) is 31.7. The van der Waals surface area contributed by atoms with Gasteiger partial charge in [-0.3, -0.25) is 9.59 Å². The summed E-state index contributed by atoms with van der Waals surface area (Å²) in [5.74, 6) is -0.287. The minimum absolute atomic E-state index is 0.144. The third-order valence-electron chi connectivity index (χ3n) is 8.42. The van der Waals surface area contributed by atoms with E-state index in [2.05, 4.69) is 72.3 Å². The standard InChI is InChI=1S/C18H10Br2N2.C18H12N2.C4H4BrNO2/c19-7-11-1-3-13-15(5-11)18(10-22)14-4-2-12(8-20)6-16(14)17(13)9-21;1-11-3-5-13-15(7-11)17(9-19)14-6-4-12(2)8-16(14)18(13)10-20;5-6-3(7)1-2-4(6)8/h1-6H,7-8H2;3-8H,1-2H3;1-2H2. The van der Waals surface area contributed by atoms with Gasteiger partial charge in [-0.25, -0.2) is 3.93 Å². The van der Waals surface area contributed by atoms with Crippen molar-refractivity contribution in [3.8, 4) is 24.3 Å². The number of halogens is 3. The van der Waals surface area contributed by atoms with Crippen molar-refractivity contribution in [2.24, 2.45) is 0 Å². The van der Waals surface area contributed by atoms with Gasteiger partial charge >= 0.3 is 0 Å². The number of fused-ring (bicyclic) bond motifs is 4. The number of imide groups is 1. The molecule has 0 unspecified atom stereocenters. The third-order valence-corrected chi connectivity index (χ3v) is 10.5. The molecule has 0 atom stereocenters. The van der Waals surface area contributed by atoms with Crippen LogP contribution < -0.4 is 0 Å². The van der Waals surface area contributed by atoms with E-state index in [-0.39, 0.29) is 11.8 Å². The molecule has 50 heavy (non-hydrogen) atoms. The van der Waals surface area contributed by atoms with Gasteiger partial charge < -0.3 is 0 Å². The van der Waals surface area contributed by atoms with Crippen molar-refractivity contribution in [3.63, 3.8) is 0 Å². The number of nitriles is 4. The van der Waals surface area contributed by atoms with Crippen molar-refractivity contribution in [2.75, 3.05) is 0 Å². The van der Waals surface area contributed by atoms with Crippen molar-refractivity contribution in [3.05, 3.63) is 117 Å². The molecule has 7 rings (SSSR count). The molecule has 1 saturated heterocycles. The monoisotopic (exact) mass is 845 g/mol. The Bertz CT molecular complexity index is 2380. The summed E-state index contributed by atoms with van der Waals surface area (Å²) in [6.45, 7) is 3.98. The topological polar surface area (TPSA) is 133 Å². The van der Waals surface area contributed by atoms with Gasteiger partial charge in [0.1, 0.15) is 24.3 Å². The van der Waals surface area contributed by atoms with E-state index < -0.39 is 0 Å². The summed E-state index contributed by atoms with van der Waals surface area (Å²) < 4.78 is 0.979. The zero-order valence-electron chi connectivity index (χ0n) is 26.9. The highest BCUT2D eigenvalue weighted by molar-refractivity contribution is 9.09. The number of benzene rings is 6. The smallest absolute Gasteiger partial charge is 0.239 e. The molecule has 244 valence electrons. The molecule has 0 bridgehead atoms. The van der Waals surface area contributed by atoms with Crippen LogP contribution in [0.25, 0.3) is 43.1 Å². The van der Waals surface area contributed by atoms with Crippen molar-refractivity contribution >= 4 is 103 Å². The Morgan fingerprint density at radius 3 is 1.08 bits per heavy atom. The second-order valence-electron chi connectivity index (χ2n) is 11.6. The molecule has 6 aromatic carbocycles. The van der Waals surface area contributed by atoms with Crippen LogP contribution in [-0.2, 0) is 20.2 Å². The van der Waals surface area contributed by atoms with Crippen LogP contribution in [0.5, 0.6) is 0 Å². The molecular weight excluding hydrogens is 822 g/mol. The summed E-state index contributed by atoms with van der Waals surface area (Å²) in [5.41, 5.74) is 6.92. The number of carbonyl (C=O) groups is 2. The molecule has 1 fully saturated rings. The number of hydrogen-bond acceptors (Lipinski definition) is 6. The van der Waals surface area contributed by atoms with Gasteiger partial charge in [0.25, 0.3) is 0 Å². The molecule has 0 N–H and O–H groups in total. The molecule has 0 aromatic heterocycles. The molecule has 0 spiro atoms. The average Bonchev–Trinajstić information content (AvgIpc) is 3.43. The van der Waals surface area contributed by atoms with Crippen molar-refractivity contribution < 1.29 is 9.59 Å². The Morgan fingerprint density at radius 1 is 0.520 bits per heavy atom. The number of alkyl halides is 2. The maximum absolute atomic E-state index is 10.4. The van der Waals surface area contributed by atoms with E-state index in [4.69, 9.17) is 0 Å². The molecule has 0 aliphatic carbocycles. The second-order valence-corrected chi connectivity index (χ2v) is 13.5. The quantitative estimate of drug-likeness (QED) is 0.0738. The average molecular weight is 848 g/mol. The first-order valence-corrected chi connectivity index (χ1v) is 18.3. The van der Waals surface area contributed by atoms with Gasteiger partial charge in [-0.1, -0.05) is 104 Å². The van der Waals surface area contributed by atoms with Crippen LogP contribution in [-0.4, -0.2) is 15.7 Å². The van der Waals surface area contributed by atoms with Crippen LogP contribution >= 0.6 is 48.0 Å². The maximum atomic E-state index is 10.4. The van der Waals surface area contributed by atoms with Crippen molar-refractivity contribution in [2.45, 2.75) is 37.3 Å². The van der Waals surface area contributed by atoms with E-state index in [9.17, 15) is 30.6 Å². The highest BCUT2D eigenvalue weighted by Gasteiger charge is 2.26. The molecule has 0 saturated carbocycles. The van der Waals surface area contributed by atoms with Gasteiger partial charge in [0, 0.05) is 66.6 Å². The molecule has 1 heterocycles. The van der Waals surface area contributed by atoms with Crippen molar-refractivity contribution in [1.82, 2.24) is 3.93 Å². The fraction of sp³-hybridized carbons (Fsp3) is 0.150. The minimum atomic E-state index is -0.144. The zero-order chi connectivity index (χ0) is 36.1. The molecule has 7 nitrogen and oxygen atoms in total. The van der Waals surface area contributed by atoms with Crippen LogP contribution in [0.4, 0.5) is 0 Å².